The first-order valence-corrected chi connectivity index (χ1v) is 4.16. The van der Waals surface area contributed by atoms with Gasteiger partial charge in [0.25, 0.3) is 0 Å². The molecule has 0 N–H and O–H groups in total. The van der Waals surface area contributed by atoms with Crippen LogP contribution in [-0.2, 0) is 4.74 Å². The highest BCUT2D eigenvalue weighted by Crippen LogP contribution is 2.01. The van der Waals surface area contributed by atoms with Crippen LogP contribution in [0.4, 0.5) is 0 Å². The summed E-state index contributed by atoms with van der Waals surface area (Å²) in [6.45, 7) is 0. The van der Waals surface area contributed by atoms with Crippen molar-refractivity contribution >= 4 is 11.8 Å². The van der Waals surface area contributed by atoms with Gasteiger partial charge in [-0.25, -0.2) is 0 Å². The molecule has 1 atom stereocenters. The molecule has 0 aromatic rings. The van der Waals surface area contributed by atoms with Crippen LogP contribution in [0.2, 0.25) is 0 Å². The van der Waals surface area contributed by atoms with Crippen LogP contribution in [0.15, 0.2) is 0 Å². The fourth-order valence-electron chi connectivity index (χ4n) is 0.460. The van der Waals surface area contributed by atoms with Gasteiger partial charge >= 0.3 is 0 Å². The maximum absolute atomic E-state index is 8.37. The Balaban J connectivity index is 3.23. The van der Waals surface area contributed by atoms with Gasteiger partial charge in [-0.2, -0.15) is 17.0 Å². The van der Waals surface area contributed by atoms with E-state index in [0.717, 1.165) is 12.2 Å². The Morgan fingerprint density at radius 2 is 2.44 bits per heavy atom. The molecule has 0 saturated carbocycles. The first-order chi connectivity index (χ1) is 4.35. The lowest BCUT2D eigenvalue weighted by Crippen LogP contribution is -2.07. The van der Waals surface area contributed by atoms with Gasteiger partial charge in [-0.05, 0) is 18.4 Å². The van der Waals surface area contributed by atoms with Crippen LogP contribution in [0.1, 0.15) is 6.42 Å². The van der Waals surface area contributed by atoms with E-state index in [9.17, 15) is 0 Å². The molecule has 0 aromatic heterocycles. The smallest absolute Gasteiger partial charge is 0.144 e. The van der Waals surface area contributed by atoms with Gasteiger partial charge < -0.3 is 4.74 Å². The number of methoxy groups -OCH3 is 1. The zero-order valence-corrected chi connectivity index (χ0v) is 6.57. The highest BCUT2D eigenvalue weighted by Gasteiger charge is 2.01. The Labute approximate surface area is 60.2 Å². The molecule has 0 aromatic carbocycles. The summed E-state index contributed by atoms with van der Waals surface area (Å²) in [5.74, 6) is 0.992. The van der Waals surface area contributed by atoms with E-state index < -0.39 is 0 Å². The number of thioether (sulfide) groups is 1. The second kappa shape index (κ2) is 5.93. The summed E-state index contributed by atoms with van der Waals surface area (Å²) in [4.78, 5) is 0. The summed E-state index contributed by atoms with van der Waals surface area (Å²) in [5.41, 5.74) is 0. The van der Waals surface area contributed by atoms with Crippen molar-refractivity contribution < 1.29 is 4.74 Å². The summed E-state index contributed by atoms with van der Waals surface area (Å²) in [7, 11) is 1.56. The van der Waals surface area contributed by atoms with Gasteiger partial charge in [-0.3, -0.25) is 0 Å². The van der Waals surface area contributed by atoms with Crippen molar-refractivity contribution in [2.45, 2.75) is 12.5 Å². The van der Waals surface area contributed by atoms with Gasteiger partial charge in [0.15, 0.2) is 0 Å². The number of hydrogen-bond donors (Lipinski definition) is 0. The molecule has 52 valence electrons. The summed E-state index contributed by atoms with van der Waals surface area (Å²) in [6.07, 6.45) is 2.63. The summed E-state index contributed by atoms with van der Waals surface area (Å²) >= 11 is 1.73. The fourth-order valence-corrected chi connectivity index (χ4v) is 0.910. The molecule has 3 heteroatoms. The fraction of sp³-hybridized carbons (Fsp3) is 0.833. The quantitative estimate of drug-likeness (QED) is 0.597. The summed E-state index contributed by atoms with van der Waals surface area (Å²) in [5, 5.41) is 8.37. The molecule has 0 saturated heterocycles. The van der Waals surface area contributed by atoms with Gasteiger partial charge in [0, 0.05) is 7.11 Å². The van der Waals surface area contributed by atoms with E-state index in [2.05, 4.69) is 6.07 Å². The third-order valence-corrected chi connectivity index (χ3v) is 1.66. The second-order valence-corrected chi connectivity index (χ2v) is 2.62. The average Bonchev–Trinajstić information content (AvgIpc) is 1.91. The lowest BCUT2D eigenvalue weighted by Gasteiger charge is -2.02. The Morgan fingerprint density at radius 3 is 2.78 bits per heavy atom. The van der Waals surface area contributed by atoms with Gasteiger partial charge in [-0.15, -0.1) is 0 Å². The zero-order chi connectivity index (χ0) is 7.11. The second-order valence-electron chi connectivity index (χ2n) is 1.63. The summed E-state index contributed by atoms with van der Waals surface area (Å²) < 4.78 is 4.83. The van der Waals surface area contributed by atoms with Crippen molar-refractivity contribution in [1.82, 2.24) is 0 Å². The van der Waals surface area contributed by atoms with E-state index in [0.29, 0.717) is 0 Å². The van der Waals surface area contributed by atoms with Gasteiger partial charge in [-0.1, -0.05) is 0 Å². The molecular weight excluding hydrogens is 134 g/mol. The van der Waals surface area contributed by atoms with Crippen molar-refractivity contribution in [3.8, 4) is 6.07 Å². The molecule has 0 heterocycles. The van der Waals surface area contributed by atoms with Crippen LogP contribution < -0.4 is 0 Å². The van der Waals surface area contributed by atoms with Crippen LogP contribution in [0.3, 0.4) is 0 Å². The van der Waals surface area contributed by atoms with Gasteiger partial charge in [0.05, 0.1) is 6.07 Å². The van der Waals surface area contributed by atoms with Crippen molar-refractivity contribution in [2.24, 2.45) is 0 Å². The minimum absolute atomic E-state index is 0.211. The van der Waals surface area contributed by atoms with Crippen molar-refractivity contribution in [3.63, 3.8) is 0 Å². The third kappa shape index (κ3) is 4.31. The maximum atomic E-state index is 8.37. The first kappa shape index (κ1) is 8.80. The van der Waals surface area contributed by atoms with E-state index in [-0.39, 0.29) is 6.10 Å². The average molecular weight is 145 g/mol. The Hall–Kier alpha value is -0.200. The van der Waals surface area contributed by atoms with E-state index in [1.165, 1.54) is 0 Å². The van der Waals surface area contributed by atoms with Crippen LogP contribution in [0.5, 0.6) is 0 Å². The molecule has 0 rings (SSSR count). The van der Waals surface area contributed by atoms with Gasteiger partial charge in [0.2, 0.25) is 0 Å². The number of nitrogens with zero attached hydrogens (tertiary/aromatic N) is 1. The number of nitriles is 1. The molecule has 1 unspecified atom stereocenters. The maximum Gasteiger partial charge on any atom is 0.144 e. The molecule has 2 nitrogen and oxygen atoms in total. The molecule has 0 amide bonds. The molecular formula is C6H11NOS. The Morgan fingerprint density at radius 1 is 1.78 bits per heavy atom. The van der Waals surface area contributed by atoms with E-state index >= 15 is 0 Å². The first-order valence-electron chi connectivity index (χ1n) is 2.76. The molecule has 0 spiro atoms. The van der Waals surface area contributed by atoms with Gasteiger partial charge in [0.1, 0.15) is 6.10 Å². The Bertz CT molecular complexity index is 99.7. The Kier molecular flexibility index (Phi) is 5.80. The van der Waals surface area contributed by atoms with E-state index in [1.807, 2.05) is 6.26 Å². The standard InChI is InChI=1S/C6H11NOS/c1-8-6(5-7)3-4-9-2/h6H,3-4H2,1-2H3. The van der Waals surface area contributed by atoms with Crippen LogP contribution in [-0.4, -0.2) is 25.2 Å². The molecule has 0 aliphatic heterocycles. The van der Waals surface area contributed by atoms with Crippen molar-refractivity contribution in [3.05, 3.63) is 0 Å². The summed E-state index contributed by atoms with van der Waals surface area (Å²) in [6, 6.07) is 2.05. The molecule has 9 heavy (non-hydrogen) atoms. The third-order valence-electron chi connectivity index (χ3n) is 1.01. The molecule has 0 fully saturated rings. The molecule has 0 bridgehead atoms. The van der Waals surface area contributed by atoms with E-state index in [1.54, 1.807) is 18.9 Å². The molecule has 0 radical (unpaired) electrons. The number of hydrogen-bond acceptors (Lipinski definition) is 3. The topological polar surface area (TPSA) is 33.0 Å². The number of ether oxygens (including phenoxy) is 1. The zero-order valence-electron chi connectivity index (χ0n) is 5.76. The predicted molar refractivity (Wildman–Crippen MR) is 39.4 cm³/mol. The minimum Gasteiger partial charge on any atom is -0.366 e. The number of rotatable bonds is 4. The largest absolute Gasteiger partial charge is 0.366 e. The monoisotopic (exact) mass is 145 g/mol. The SMILES string of the molecule is COC(C#N)CCSC. The normalized spacial score (nSPS) is 12.6. The predicted octanol–water partition coefficient (Wildman–Crippen LogP) is 1.28. The minimum atomic E-state index is -0.211. The lowest BCUT2D eigenvalue weighted by atomic mass is 10.3. The highest BCUT2D eigenvalue weighted by atomic mass is 32.2. The van der Waals surface area contributed by atoms with Crippen LogP contribution >= 0.6 is 11.8 Å². The lowest BCUT2D eigenvalue weighted by molar-refractivity contribution is 0.144. The van der Waals surface area contributed by atoms with E-state index in [4.69, 9.17) is 10.00 Å². The van der Waals surface area contributed by atoms with Crippen molar-refractivity contribution in [2.75, 3.05) is 19.1 Å². The van der Waals surface area contributed by atoms with Crippen LogP contribution in [0.25, 0.3) is 0 Å². The van der Waals surface area contributed by atoms with Crippen LogP contribution in [0, 0.1) is 11.3 Å². The van der Waals surface area contributed by atoms with Crippen molar-refractivity contribution in [1.29, 1.82) is 5.26 Å². The molecule has 0 aliphatic carbocycles. The molecule has 0 aliphatic rings. The highest BCUT2D eigenvalue weighted by molar-refractivity contribution is 7.98.